The average Bonchev–Trinajstić information content (AvgIpc) is 2.82. The third kappa shape index (κ3) is 7.06. The maximum Gasteiger partial charge on any atom is 0.417 e. The molecule has 1 unspecified atom stereocenters. The molecule has 3 aromatic rings. The van der Waals surface area contributed by atoms with Crippen LogP contribution < -0.4 is 10.9 Å². The maximum atomic E-state index is 14.9. The van der Waals surface area contributed by atoms with Crippen molar-refractivity contribution in [3.63, 3.8) is 0 Å². The zero-order valence-corrected chi connectivity index (χ0v) is 20.6. The number of carbonyl (C=O) groups is 1. The summed E-state index contributed by atoms with van der Waals surface area (Å²) in [6, 6.07) is 6.42. The molecule has 0 saturated heterocycles. The van der Waals surface area contributed by atoms with Crippen molar-refractivity contribution in [1.82, 2.24) is 10.4 Å². The van der Waals surface area contributed by atoms with E-state index in [0.717, 1.165) is 18.2 Å². The largest absolute Gasteiger partial charge is 0.417 e. The lowest BCUT2D eigenvalue weighted by Crippen LogP contribution is -2.31. The van der Waals surface area contributed by atoms with Gasteiger partial charge in [0, 0.05) is 5.56 Å². The number of anilines is 1. The van der Waals surface area contributed by atoms with Crippen LogP contribution in [-0.4, -0.2) is 17.1 Å². The Balaban J connectivity index is 1.98. The van der Waals surface area contributed by atoms with Crippen LogP contribution in [0.25, 0.3) is 5.83 Å². The van der Waals surface area contributed by atoms with Crippen molar-refractivity contribution in [3.05, 3.63) is 97.9 Å². The fraction of sp³-hybridized carbons (Fsp3) is 0.130. The minimum atomic E-state index is -5.21. The van der Waals surface area contributed by atoms with E-state index >= 15 is 0 Å². The van der Waals surface area contributed by atoms with Crippen LogP contribution in [0.2, 0.25) is 15.1 Å². The molecular weight excluding hydrogens is 593 g/mol. The number of pyridine rings is 1. The van der Waals surface area contributed by atoms with E-state index in [1.54, 1.807) is 0 Å². The Labute approximate surface area is 224 Å². The molecule has 38 heavy (non-hydrogen) atoms. The van der Waals surface area contributed by atoms with Gasteiger partial charge in [-0.05, 0) is 48.0 Å². The summed E-state index contributed by atoms with van der Waals surface area (Å²) in [4.78, 5) is 15.7. The van der Waals surface area contributed by atoms with Gasteiger partial charge >= 0.3 is 12.4 Å². The van der Waals surface area contributed by atoms with E-state index in [4.69, 9.17) is 34.8 Å². The van der Waals surface area contributed by atoms with E-state index < -0.39 is 58.2 Å². The zero-order valence-electron chi connectivity index (χ0n) is 18.3. The molecule has 0 aliphatic heterocycles. The second-order valence-corrected chi connectivity index (χ2v) is 8.71. The number of carbonyl (C=O) groups excluding carboxylic acids is 1. The van der Waals surface area contributed by atoms with E-state index in [2.05, 4.69) is 10.4 Å². The molecule has 15 heteroatoms. The predicted molar refractivity (Wildman–Crippen MR) is 126 cm³/mol. The molecule has 0 radical (unpaired) electrons. The van der Waals surface area contributed by atoms with Crippen LogP contribution in [0, 0.1) is 5.95 Å². The SMILES string of the molecule is O=C(NNc1cccc(F)n1)c1ccc(/C(F)=C/C(c2cc(Cl)c(Cl)c(Cl)c2)C(F)(F)F)cc1C(F)(F)F. The lowest BCUT2D eigenvalue weighted by Gasteiger charge is -2.19. The van der Waals surface area contributed by atoms with Crippen LogP contribution >= 0.6 is 34.8 Å². The van der Waals surface area contributed by atoms with Gasteiger partial charge in [0.25, 0.3) is 5.91 Å². The highest BCUT2D eigenvalue weighted by Gasteiger charge is 2.41. The fourth-order valence-electron chi connectivity index (χ4n) is 3.17. The smallest absolute Gasteiger partial charge is 0.282 e. The Bertz CT molecular complexity index is 1370. The van der Waals surface area contributed by atoms with Gasteiger partial charge in [0.15, 0.2) is 0 Å². The van der Waals surface area contributed by atoms with Crippen molar-refractivity contribution in [1.29, 1.82) is 0 Å². The zero-order chi connectivity index (χ0) is 28.4. The Morgan fingerprint density at radius 3 is 2.13 bits per heavy atom. The molecular formula is C23H12Cl3F8N3O. The third-order valence-electron chi connectivity index (χ3n) is 4.90. The standard InChI is InChI=1S/C23H12Cl3F8N3O/c24-15-7-11(8-16(25)20(15)26)13(22(29,30)31)9-17(27)10-4-5-12(14(6-10)23(32,33)34)21(38)37-36-19-3-1-2-18(28)35-19/h1-9,13H,(H,35,36)(H,37,38)/b17-9-. The molecule has 0 spiro atoms. The van der Waals surface area contributed by atoms with Crippen LogP contribution in [-0.2, 0) is 6.18 Å². The first kappa shape index (κ1) is 29.5. The summed E-state index contributed by atoms with van der Waals surface area (Å²) in [5, 5.41) is -0.947. The Morgan fingerprint density at radius 1 is 0.947 bits per heavy atom. The Morgan fingerprint density at radius 2 is 1.58 bits per heavy atom. The fourth-order valence-corrected chi connectivity index (χ4v) is 3.78. The summed E-state index contributed by atoms with van der Waals surface area (Å²) in [6.07, 6.45) is -10.3. The van der Waals surface area contributed by atoms with E-state index in [9.17, 15) is 39.9 Å². The number of allylic oxidation sites excluding steroid dienone is 1. The highest BCUT2D eigenvalue weighted by Crippen LogP contribution is 2.42. The van der Waals surface area contributed by atoms with Gasteiger partial charge in [-0.1, -0.05) is 46.9 Å². The molecule has 0 fully saturated rings. The molecule has 1 heterocycles. The highest BCUT2D eigenvalue weighted by atomic mass is 35.5. The quantitative estimate of drug-likeness (QED) is 0.128. The summed E-state index contributed by atoms with van der Waals surface area (Å²) in [7, 11) is 0. The van der Waals surface area contributed by atoms with E-state index in [1.165, 1.54) is 12.1 Å². The first-order valence-electron chi connectivity index (χ1n) is 10.1. The second kappa shape index (κ2) is 11.3. The van der Waals surface area contributed by atoms with Crippen molar-refractivity contribution < 1.29 is 39.9 Å². The van der Waals surface area contributed by atoms with Crippen LogP contribution in [0.15, 0.2) is 54.6 Å². The van der Waals surface area contributed by atoms with Gasteiger partial charge in [0.05, 0.1) is 26.2 Å². The molecule has 202 valence electrons. The van der Waals surface area contributed by atoms with Gasteiger partial charge < -0.3 is 0 Å². The van der Waals surface area contributed by atoms with Crippen molar-refractivity contribution in [2.24, 2.45) is 0 Å². The molecule has 2 N–H and O–H groups in total. The molecule has 1 amide bonds. The van der Waals surface area contributed by atoms with Gasteiger partial charge in [-0.3, -0.25) is 15.6 Å². The summed E-state index contributed by atoms with van der Waals surface area (Å²) in [6.45, 7) is 0. The summed E-state index contributed by atoms with van der Waals surface area (Å²) < 4.78 is 110. The minimum Gasteiger partial charge on any atom is -0.282 e. The number of amides is 1. The van der Waals surface area contributed by atoms with Gasteiger partial charge in [-0.15, -0.1) is 0 Å². The van der Waals surface area contributed by atoms with Gasteiger partial charge in [-0.25, -0.2) is 9.37 Å². The number of nitrogens with zero attached hydrogens (tertiary/aromatic N) is 1. The Kier molecular flexibility index (Phi) is 8.79. The van der Waals surface area contributed by atoms with Crippen molar-refractivity contribution in [3.8, 4) is 0 Å². The van der Waals surface area contributed by atoms with E-state index in [-0.39, 0.29) is 33.0 Å². The third-order valence-corrected chi connectivity index (χ3v) is 6.09. The van der Waals surface area contributed by atoms with Crippen molar-refractivity contribution in [2.75, 3.05) is 5.43 Å². The predicted octanol–water partition coefficient (Wildman–Crippen LogP) is 8.61. The van der Waals surface area contributed by atoms with Crippen LogP contribution in [0.5, 0.6) is 0 Å². The number of alkyl halides is 6. The molecule has 4 nitrogen and oxygen atoms in total. The van der Waals surface area contributed by atoms with Gasteiger partial charge in [-0.2, -0.15) is 30.7 Å². The lowest BCUT2D eigenvalue weighted by atomic mass is 9.95. The van der Waals surface area contributed by atoms with Crippen LogP contribution in [0.3, 0.4) is 0 Å². The van der Waals surface area contributed by atoms with Crippen molar-refractivity contribution >= 4 is 52.4 Å². The van der Waals surface area contributed by atoms with Crippen molar-refractivity contribution in [2.45, 2.75) is 18.3 Å². The number of benzene rings is 2. The minimum absolute atomic E-state index is 0.0440. The molecule has 0 bridgehead atoms. The molecule has 0 aliphatic carbocycles. The lowest BCUT2D eigenvalue weighted by molar-refractivity contribution is -0.140. The number of nitrogens with one attached hydrogen (secondary N) is 2. The molecule has 0 aliphatic rings. The molecule has 0 saturated carbocycles. The van der Waals surface area contributed by atoms with Crippen LogP contribution in [0.4, 0.5) is 40.9 Å². The number of hydrazine groups is 1. The van der Waals surface area contributed by atoms with E-state index in [0.29, 0.717) is 12.1 Å². The molecule has 2 aromatic carbocycles. The normalized spacial score (nSPS) is 13.3. The van der Waals surface area contributed by atoms with Gasteiger partial charge in [0.2, 0.25) is 5.95 Å². The highest BCUT2D eigenvalue weighted by molar-refractivity contribution is 6.48. The van der Waals surface area contributed by atoms with Gasteiger partial charge in [0.1, 0.15) is 17.6 Å². The number of hydrogen-bond donors (Lipinski definition) is 2. The van der Waals surface area contributed by atoms with E-state index in [1.807, 2.05) is 5.43 Å². The summed E-state index contributed by atoms with van der Waals surface area (Å²) in [5.41, 5.74) is -0.159. The molecule has 1 atom stereocenters. The Hall–Kier alpha value is -3.09. The molecule has 1 aromatic heterocycles. The number of hydrogen-bond acceptors (Lipinski definition) is 3. The summed E-state index contributed by atoms with van der Waals surface area (Å²) >= 11 is 17.3. The number of aromatic nitrogens is 1. The number of halogens is 11. The first-order valence-corrected chi connectivity index (χ1v) is 11.2. The summed E-state index contributed by atoms with van der Waals surface area (Å²) in [5.74, 6) is -6.87. The average molecular weight is 605 g/mol. The first-order chi connectivity index (χ1) is 17.6. The maximum absolute atomic E-state index is 14.9. The number of rotatable bonds is 6. The monoisotopic (exact) mass is 603 g/mol. The topological polar surface area (TPSA) is 54.0 Å². The second-order valence-electron chi connectivity index (χ2n) is 7.52. The molecule has 3 rings (SSSR count). The van der Waals surface area contributed by atoms with Crippen LogP contribution in [0.1, 0.15) is 33.0 Å².